The highest BCUT2D eigenvalue weighted by Gasteiger charge is 2.54. The molecular formula is C24H33NO4. The summed E-state index contributed by atoms with van der Waals surface area (Å²) in [7, 11) is 1.67. The van der Waals surface area contributed by atoms with Crippen molar-refractivity contribution in [3.63, 3.8) is 0 Å². The number of nitrogens with one attached hydrogen (secondary N) is 1. The Morgan fingerprint density at radius 1 is 1.28 bits per heavy atom. The molecule has 1 aromatic rings. The summed E-state index contributed by atoms with van der Waals surface area (Å²) in [6.07, 6.45) is 6.43. The van der Waals surface area contributed by atoms with Gasteiger partial charge in [0.2, 0.25) is 0 Å². The van der Waals surface area contributed by atoms with Gasteiger partial charge in [0.1, 0.15) is 17.6 Å². The molecule has 1 aromatic carbocycles. The van der Waals surface area contributed by atoms with Crippen LogP contribution in [0.1, 0.15) is 69.4 Å². The van der Waals surface area contributed by atoms with E-state index >= 15 is 0 Å². The van der Waals surface area contributed by atoms with Crippen molar-refractivity contribution in [2.45, 2.75) is 76.9 Å². The summed E-state index contributed by atoms with van der Waals surface area (Å²) in [5.41, 5.74) is 2.78. The van der Waals surface area contributed by atoms with E-state index in [0.29, 0.717) is 23.5 Å². The van der Waals surface area contributed by atoms with Crippen molar-refractivity contribution in [1.29, 1.82) is 0 Å². The Balaban J connectivity index is 1.50. The zero-order valence-electron chi connectivity index (χ0n) is 17.7. The molecule has 2 N–H and O–H groups in total. The van der Waals surface area contributed by atoms with Gasteiger partial charge in [0.15, 0.2) is 0 Å². The molecule has 158 valence electrons. The number of Topliss-reactive ketones (excluding diaryl/α,β-unsaturated/α-hetero) is 1. The molecule has 0 radical (unpaired) electrons. The normalized spacial score (nSPS) is 33.9. The number of ketones is 1. The maximum absolute atomic E-state index is 12.4. The fourth-order valence-electron chi connectivity index (χ4n) is 6.37. The number of likely N-dealkylation sites (N-methyl/N-ethyl adjacent to an activating group) is 1. The second kappa shape index (κ2) is 7.84. The van der Waals surface area contributed by atoms with E-state index < -0.39 is 12.0 Å². The molecule has 0 amide bonds. The van der Waals surface area contributed by atoms with Crippen LogP contribution in [-0.2, 0) is 16.0 Å². The van der Waals surface area contributed by atoms with E-state index in [-0.39, 0.29) is 23.7 Å². The van der Waals surface area contributed by atoms with Crippen LogP contribution in [0, 0.1) is 17.3 Å². The van der Waals surface area contributed by atoms with Crippen LogP contribution in [0.2, 0.25) is 0 Å². The van der Waals surface area contributed by atoms with Crippen LogP contribution in [0.4, 0.5) is 0 Å². The summed E-state index contributed by atoms with van der Waals surface area (Å²) < 4.78 is 5.58. The number of aliphatic hydroxyl groups excluding tert-OH is 1. The van der Waals surface area contributed by atoms with E-state index in [0.717, 1.165) is 38.5 Å². The van der Waals surface area contributed by atoms with E-state index in [1.165, 1.54) is 18.1 Å². The number of aryl methyl sites for hydroxylation is 1. The Morgan fingerprint density at radius 3 is 2.79 bits per heavy atom. The minimum absolute atomic E-state index is 0.0425. The van der Waals surface area contributed by atoms with Crippen molar-refractivity contribution < 1.29 is 19.4 Å². The number of fused-ring (bicyclic) bond motifs is 5. The number of rotatable bonds is 5. The largest absolute Gasteiger partial charge is 0.425 e. The summed E-state index contributed by atoms with van der Waals surface area (Å²) in [5.74, 6) is 1.92. The van der Waals surface area contributed by atoms with Crippen LogP contribution in [0.5, 0.6) is 5.75 Å². The van der Waals surface area contributed by atoms with Gasteiger partial charge in [-0.15, -0.1) is 0 Å². The van der Waals surface area contributed by atoms with E-state index in [2.05, 4.69) is 18.3 Å². The number of hydrogen-bond acceptors (Lipinski definition) is 5. The van der Waals surface area contributed by atoms with Crippen LogP contribution in [0.15, 0.2) is 18.2 Å². The maximum atomic E-state index is 12.4. The Bertz CT molecular complexity index is 806. The van der Waals surface area contributed by atoms with Crippen LogP contribution >= 0.6 is 0 Å². The van der Waals surface area contributed by atoms with Gasteiger partial charge in [-0.3, -0.25) is 4.79 Å². The maximum Gasteiger partial charge on any atom is 0.328 e. The van der Waals surface area contributed by atoms with E-state index in [1.807, 2.05) is 12.1 Å². The second-order valence-corrected chi connectivity index (χ2v) is 9.58. The predicted molar refractivity (Wildman–Crippen MR) is 111 cm³/mol. The van der Waals surface area contributed by atoms with E-state index in [4.69, 9.17) is 4.74 Å². The summed E-state index contributed by atoms with van der Waals surface area (Å²) in [5, 5.41) is 13.4. The number of carbonyl (C=O) groups is 2. The minimum atomic E-state index is -0.613. The molecule has 5 nitrogen and oxygen atoms in total. The summed E-state index contributed by atoms with van der Waals surface area (Å²) >= 11 is 0. The first-order chi connectivity index (χ1) is 13.8. The highest BCUT2D eigenvalue weighted by atomic mass is 16.5. The predicted octanol–water partition coefficient (Wildman–Crippen LogP) is 3.38. The summed E-state index contributed by atoms with van der Waals surface area (Å²) in [6.45, 7) is 3.77. The zero-order chi connectivity index (χ0) is 20.8. The molecular weight excluding hydrogens is 366 g/mol. The van der Waals surface area contributed by atoms with Gasteiger partial charge in [0.25, 0.3) is 0 Å². The average molecular weight is 400 g/mol. The molecule has 3 aliphatic rings. The number of aliphatic hydroxyl groups is 1. The smallest absolute Gasteiger partial charge is 0.328 e. The lowest BCUT2D eigenvalue weighted by atomic mass is 9.55. The van der Waals surface area contributed by atoms with Gasteiger partial charge in [-0.05, 0) is 98.9 Å². The third-order valence-electron chi connectivity index (χ3n) is 7.99. The van der Waals surface area contributed by atoms with Crippen molar-refractivity contribution in [2.75, 3.05) is 7.05 Å². The Kier molecular flexibility index (Phi) is 5.56. The monoisotopic (exact) mass is 399 g/mol. The van der Waals surface area contributed by atoms with E-state index in [9.17, 15) is 14.7 Å². The molecule has 2 saturated carbocycles. The minimum Gasteiger partial charge on any atom is -0.425 e. The first-order valence-corrected chi connectivity index (χ1v) is 11.0. The van der Waals surface area contributed by atoms with Crippen molar-refractivity contribution in [1.82, 2.24) is 5.32 Å². The first-order valence-electron chi connectivity index (χ1n) is 11.0. The lowest BCUT2D eigenvalue weighted by molar-refractivity contribution is -0.138. The standard InChI is InChI=1S/C24H33NO4/c1-14(26)12-21(25-3)23(28)29-16-5-7-17-15(13-16)4-6-19-18(17)10-11-24(2)20(19)8-9-22(24)27/h5,7,13,18-22,25,27H,4,6,8-12H2,1-3H3/t18?,19?,20?,21-,22+,24+/m1/s1. The van der Waals surface area contributed by atoms with Gasteiger partial charge in [-0.25, -0.2) is 4.79 Å². The number of esters is 1. The summed E-state index contributed by atoms with van der Waals surface area (Å²) in [4.78, 5) is 23.8. The van der Waals surface area contributed by atoms with Gasteiger partial charge >= 0.3 is 5.97 Å². The van der Waals surface area contributed by atoms with Crippen molar-refractivity contribution in [2.24, 2.45) is 17.3 Å². The fourth-order valence-corrected chi connectivity index (χ4v) is 6.37. The summed E-state index contributed by atoms with van der Waals surface area (Å²) in [6, 6.07) is 5.44. The fraction of sp³-hybridized carbons (Fsp3) is 0.667. The van der Waals surface area contributed by atoms with Crippen LogP contribution in [0.25, 0.3) is 0 Å². The zero-order valence-corrected chi connectivity index (χ0v) is 17.7. The lowest BCUT2D eigenvalue weighted by Gasteiger charge is -2.50. The Hall–Kier alpha value is -1.72. The van der Waals surface area contributed by atoms with Crippen molar-refractivity contribution in [3.8, 4) is 5.75 Å². The molecule has 4 rings (SSSR count). The van der Waals surface area contributed by atoms with Gasteiger partial charge in [0, 0.05) is 6.42 Å². The molecule has 5 heteroatoms. The van der Waals surface area contributed by atoms with Crippen LogP contribution in [-0.4, -0.2) is 36.1 Å². The van der Waals surface area contributed by atoms with Crippen LogP contribution < -0.4 is 10.1 Å². The SMILES string of the molecule is CN[C@H](CC(C)=O)C(=O)Oc1ccc2c(c1)CCC1C2CC[C@@]2(C)C1CC[C@@H]2O. The molecule has 0 saturated heterocycles. The molecule has 6 atom stereocenters. The lowest BCUT2D eigenvalue weighted by Crippen LogP contribution is -2.43. The molecule has 3 aliphatic carbocycles. The number of hydrogen-bond donors (Lipinski definition) is 2. The average Bonchev–Trinajstić information content (AvgIpc) is 3.00. The van der Waals surface area contributed by atoms with Gasteiger partial charge in [0.05, 0.1) is 6.10 Å². The quantitative estimate of drug-likeness (QED) is 0.586. The Labute approximate surface area is 173 Å². The topological polar surface area (TPSA) is 75.6 Å². The third-order valence-corrected chi connectivity index (χ3v) is 7.99. The molecule has 0 heterocycles. The highest BCUT2D eigenvalue weighted by Crippen LogP contribution is 2.60. The molecule has 3 unspecified atom stereocenters. The van der Waals surface area contributed by atoms with Crippen molar-refractivity contribution >= 4 is 11.8 Å². The number of benzene rings is 1. The van der Waals surface area contributed by atoms with Crippen LogP contribution in [0.3, 0.4) is 0 Å². The van der Waals surface area contributed by atoms with E-state index in [1.54, 1.807) is 7.05 Å². The number of carbonyl (C=O) groups excluding carboxylic acids is 2. The molecule has 0 spiro atoms. The molecule has 0 bridgehead atoms. The first kappa shape index (κ1) is 20.5. The van der Waals surface area contributed by atoms with Gasteiger partial charge in [-0.1, -0.05) is 13.0 Å². The second-order valence-electron chi connectivity index (χ2n) is 9.58. The molecule has 0 aromatic heterocycles. The molecule has 29 heavy (non-hydrogen) atoms. The van der Waals surface area contributed by atoms with Crippen molar-refractivity contribution in [3.05, 3.63) is 29.3 Å². The Morgan fingerprint density at radius 2 is 2.07 bits per heavy atom. The van der Waals surface area contributed by atoms with Gasteiger partial charge in [-0.2, -0.15) is 0 Å². The highest BCUT2D eigenvalue weighted by molar-refractivity contribution is 5.86. The molecule has 0 aliphatic heterocycles. The third kappa shape index (κ3) is 3.64. The molecule has 2 fully saturated rings. The number of ether oxygens (including phenoxy) is 1. The van der Waals surface area contributed by atoms with Gasteiger partial charge < -0.3 is 15.2 Å².